The first-order chi connectivity index (χ1) is 17.0. The number of nitrogens with zero attached hydrogens (tertiary/aromatic N) is 3. The summed E-state index contributed by atoms with van der Waals surface area (Å²) in [5, 5.41) is 13.3. The van der Waals surface area contributed by atoms with Crippen LogP contribution in [0.2, 0.25) is 0 Å². The molecule has 35 heavy (non-hydrogen) atoms. The summed E-state index contributed by atoms with van der Waals surface area (Å²) >= 11 is 5.55. The van der Waals surface area contributed by atoms with Crippen LogP contribution in [0.1, 0.15) is 17.0 Å². The predicted octanol–water partition coefficient (Wildman–Crippen LogP) is 5.79. The number of thiocarbonyl (C=S) groups is 1. The fourth-order valence-electron chi connectivity index (χ4n) is 3.35. The second-order valence-electron chi connectivity index (χ2n) is 7.90. The van der Waals surface area contributed by atoms with Gasteiger partial charge in [0.2, 0.25) is 11.9 Å². The lowest BCUT2D eigenvalue weighted by atomic mass is 10.2. The molecule has 7 nitrogen and oxygen atoms in total. The molecule has 3 aromatic carbocycles. The van der Waals surface area contributed by atoms with Crippen molar-refractivity contribution in [3.63, 3.8) is 0 Å². The van der Waals surface area contributed by atoms with Gasteiger partial charge in [0.15, 0.2) is 5.11 Å². The molecule has 0 fully saturated rings. The quantitative estimate of drug-likeness (QED) is 0.157. The number of hydrogen-bond acceptors (Lipinski definition) is 5. The fourth-order valence-corrected chi connectivity index (χ4v) is 3.56. The molecule has 0 atom stereocenters. The molecular weight excluding hydrogens is 454 g/mol. The van der Waals surface area contributed by atoms with Gasteiger partial charge in [-0.3, -0.25) is 5.32 Å². The van der Waals surface area contributed by atoms with Crippen molar-refractivity contribution < 1.29 is 0 Å². The highest BCUT2D eigenvalue weighted by atomic mass is 32.1. The summed E-state index contributed by atoms with van der Waals surface area (Å²) < 4.78 is 0. The summed E-state index contributed by atoms with van der Waals surface area (Å²) in [4.78, 5) is 13.6. The monoisotopic (exact) mass is 481 g/mol. The van der Waals surface area contributed by atoms with Gasteiger partial charge in [0.05, 0.1) is 6.54 Å². The Morgan fingerprint density at radius 1 is 0.743 bits per heavy atom. The number of rotatable bonds is 6. The van der Waals surface area contributed by atoms with Crippen LogP contribution in [0.3, 0.4) is 0 Å². The Balaban J connectivity index is 1.43. The maximum Gasteiger partial charge on any atom is 0.229 e. The minimum Gasteiger partial charge on any atom is -0.356 e. The second kappa shape index (κ2) is 11.7. The van der Waals surface area contributed by atoms with Gasteiger partial charge in [-0.25, -0.2) is 15.0 Å². The van der Waals surface area contributed by atoms with Crippen molar-refractivity contribution >= 4 is 46.3 Å². The topological polar surface area (TPSA) is 86.3 Å². The molecule has 0 amide bonds. The Hall–Kier alpha value is -4.30. The predicted molar refractivity (Wildman–Crippen MR) is 148 cm³/mol. The van der Waals surface area contributed by atoms with Gasteiger partial charge in [-0.1, -0.05) is 48.5 Å². The summed E-state index contributed by atoms with van der Waals surface area (Å²) in [6, 6.07) is 29.8. The average Bonchev–Trinajstić information content (AvgIpc) is 2.84. The molecule has 0 spiro atoms. The lowest BCUT2D eigenvalue weighted by molar-refractivity contribution is 1.03. The molecule has 0 unspecified atom stereocenters. The van der Waals surface area contributed by atoms with Gasteiger partial charge < -0.3 is 16.0 Å². The van der Waals surface area contributed by atoms with E-state index in [0.717, 1.165) is 34.0 Å². The molecule has 1 heterocycles. The van der Waals surface area contributed by atoms with Crippen LogP contribution in [0.5, 0.6) is 0 Å². The SMILES string of the molecule is Cc1cc(C)nc(NC(=NCc2ccccc2)NC(=S)Nc2ccc(Nc3ccccc3)cc2)n1. The lowest BCUT2D eigenvalue weighted by Crippen LogP contribution is -2.39. The van der Waals surface area contributed by atoms with Crippen molar-refractivity contribution in [2.24, 2.45) is 4.99 Å². The maximum absolute atomic E-state index is 5.55. The highest BCUT2D eigenvalue weighted by molar-refractivity contribution is 7.80. The number of aliphatic imine (C=N–C) groups is 1. The minimum absolute atomic E-state index is 0.400. The van der Waals surface area contributed by atoms with E-state index in [1.54, 1.807) is 0 Å². The van der Waals surface area contributed by atoms with Crippen LogP contribution in [0.4, 0.5) is 23.0 Å². The van der Waals surface area contributed by atoms with Crippen LogP contribution in [-0.2, 0) is 6.54 Å². The zero-order valence-electron chi connectivity index (χ0n) is 19.6. The molecule has 0 saturated heterocycles. The number of anilines is 4. The van der Waals surface area contributed by atoms with E-state index in [9.17, 15) is 0 Å². The van der Waals surface area contributed by atoms with Crippen LogP contribution in [0, 0.1) is 13.8 Å². The maximum atomic E-state index is 5.55. The van der Waals surface area contributed by atoms with Gasteiger partial charge in [0.1, 0.15) is 0 Å². The molecule has 0 radical (unpaired) electrons. The van der Waals surface area contributed by atoms with Crippen LogP contribution < -0.4 is 21.3 Å². The van der Waals surface area contributed by atoms with E-state index >= 15 is 0 Å². The molecule has 4 aromatic rings. The van der Waals surface area contributed by atoms with E-state index in [1.807, 2.05) is 105 Å². The first-order valence-electron chi connectivity index (χ1n) is 11.2. The molecule has 0 aliphatic rings. The van der Waals surface area contributed by atoms with E-state index < -0.39 is 0 Å². The Morgan fingerprint density at radius 3 is 1.97 bits per heavy atom. The molecule has 0 aliphatic carbocycles. The first kappa shape index (κ1) is 23.8. The first-order valence-corrected chi connectivity index (χ1v) is 11.6. The van der Waals surface area contributed by atoms with E-state index in [1.165, 1.54) is 0 Å². The van der Waals surface area contributed by atoms with Crippen molar-refractivity contribution in [2.75, 3.05) is 16.0 Å². The summed E-state index contributed by atoms with van der Waals surface area (Å²) in [6.45, 7) is 4.33. The number of aryl methyl sites for hydroxylation is 2. The number of para-hydroxylation sites is 1. The van der Waals surface area contributed by atoms with E-state index in [2.05, 4.69) is 36.2 Å². The summed E-state index contributed by atoms with van der Waals surface area (Å²) in [7, 11) is 0. The summed E-state index contributed by atoms with van der Waals surface area (Å²) in [6.07, 6.45) is 0. The average molecular weight is 482 g/mol. The van der Waals surface area contributed by atoms with E-state index in [4.69, 9.17) is 12.2 Å². The standard InChI is InChI=1S/C27H27N7S/c1-19-17-20(2)30-26(29-19)33-25(28-18-21-9-5-3-6-10-21)34-27(35)32-24-15-13-23(14-16-24)31-22-11-7-4-8-12-22/h3-17,31H,18H2,1-2H3,(H3,28,29,30,32,33,34,35). The molecule has 1 aromatic heterocycles. The third kappa shape index (κ3) is 7.62. The number of nitrogens with one attached hydrogen (secondary N) is 4. The summed E-state index contributed by atoms with van der Waals surface area (Å²) in [5.41, 5.74) is 5.69. The minimum atomic E-state index is 0.400. The van der Waals surface area contributed by atoms with Gasteiger partial charge in [-0.2, -0.15) is 0 Å². The van der Waals surface area contributed by atoms with Crippen molar-refractivity contribution in [1.29, 1.82) is 0 Å². The Bertz CT molecular complexity index is 1270. The Kier molecular flexibility index (Phi) is 7.98. The number of hydrogen-bond donors (Lipinski definition) is 4. The van der Waals surface area contributed by atoms with Crippen molar-refractivity contribution in [3.05, 3.63) is 108 Å². The third-order valence-corrected chi connectivity index (χ3v) is 5.12. The molecule has 0 aliphatic heterocycles. The van der Waals surface area contributed by atoms with Gasteiger partial charge in [0.25, 0.3) is 0 Å². The van der Waals surface area contributed by atoms with Gasteiger partial charge in [-0.05, 0) is 74.1 Å². The smallest absolute Gasteiger partial charge is 0.229 e. The highest BCUT2D eigenvalue weighted by Gasteiger charge is 2.08. The zero-order chi connectivity index (χ0) is 24.5. The van der Waals surface area contributed by atoms with Crippen molar-refractivity contribution in [2.45, 2.75) is 20.4 Å². The molecular formula is C27H27N7S. The molecule has 8 heteroatoms. The zero-order valence-corrected chi connectivity index (χ0v) is 20.4. The lowest BCUT2D eigenvalue weighted by Gasteiger charge is -2.15. The van der Waals surface area contributed by atoms with E-state index in [0.29, 0.717) is 23.6 Å². The number of benzene rings is 3. The molecule has 4 N–H and O–H groups in total. The molecule has 4 rings (SSSR count). The molecule has 176 valence electrons. The van der Waals surface area contributed by atoms with Crippen LogP contribution in [0.25, 0.3) is 0 Å². The van der Waals surface area contributed by atoms with Gasteiger partial charge in [-0.15, -0.1) is 0 Å². The van der Waals surface area contributed by atoms with Crippen LogP contribution in [0.15, 0.2) is 96.0 Å². The normalized spacial score (nSPS) is 11.0. The molecule has 0 bridgehead atoms. The fraction of sp³-hybridized carbons (Fsp3) is 0.111. The Labute approximate surface area is 210 Å². The number of guanidine groups is 1. The van der Waals surface area contributed by atoms with Crippen molar-refractivity contribution in [1.82, 2.24) is 15.3 Å². The molecule has 0 saturated carbocycles. The van der Waals surface area contributed by atoms with Crippen LogP contribution >= 0.6 is 12.2 Å². The van der Waals surface area contributed by atoms with Gasteiger partial charge in [0, 0.05) is 28.5 Å². The van der Waals surface area contributed by atoms with Crippen molar-refractivity contribution in [3.8, 4) is 0 Å². The van der Waals surface area contributed by atoms with E-state index in [-0.39, 0.29) is 0 Å². The van der Waals surface area contributed by atoms with Crippen LogP contribution in [-0.4, -0.2) is 21.0 Å². The Morgan fingerprint density at radius 2 is 1.31 bits per heavy atom. The summed E-state index contributed by atoms with van der Waals surface area (Å²) in [5.74, 6) is 0.916. The number of aromatic nitrogens is 2. The van der Waals surface area contributed by atoms with Gasteiger partial charge >= 0.3 is 0 Å². The largest absolute Gasteiger partial charge is 0.356 e. The highest BCUT2D eigenvalue weighted by Crippen LogP contribution is 2.18. The third-order valence-electron chi connectivity index (χ3n) is 4.91. The second-order valence-corrected chi connectivity index (χ2v) is 8.31.